The molecule has 3 N–H and O–H groups in total. The second kappa shape index (κ2) is 5.35. The molecule has 0 aliphatic heterocycles. The zero-order valence-electron chi connectivity index (χ0n) is 10.5. The van der Waals surface area contributed by atoms with Crippen LogP contribution in [0.5, 0.6) is 0 Å². The van der Waals surface area contributed by atoms with Crippen LogP contribution in [0, 0.1) is 6.92 Å². The monoisotopic (exact) mass is 273 g/mol. The highest BCUT2D eigenvalue weighted by atomic mass is 16.4. The molecular weight excluding hydrogens is 262 g/mol. The lowest BCUT2D eigenvalue weighted by atomic mass is 10.2. The Bertz CT molecular complexity index is 719. The number of pyridine rings is 2. The van der Waals surface area contributed by atoms with E-state index in [-0.39, 0.29) is 11.3 Å². The predicted octanol–water partition coefficient (Wildman–Crippen LogP) is 1.03. The third kappa shape index (κ3) is 2.89. The number of amides is 1. The van der Waals surface area contributed by atoms with Crippen LogP contribution in [0.3, 0.4) is 0 Å². The van der Waals surface area contributed by atoms with Crippen molar-refractivity contribution in [2.24, 2.45) is 0 Å². The second-order valence-corrected chi connectivity index (χ2v) is 4.08. The van der Waals surface area contributed by atoms with Crippen molar-refractivity contribution in [3.05, 3.63) is 57.8 Å². The topological polar surface area (TPSA) is 112 Å². The number of nitrogens with one attached hydrogen (secondary N) is 2. The van der Waals surface area contributed by atoms with E-state index in [1.54, 1.807) is 13.0 Å². The van der Waals surface area contributed by atoms with Crippen LogP contribution in [-0.4, -0.2) is 27.0 Å². The van der Waals surface area contributed by atoms with Gasteiger partial charge in [-0.05, 0) is 31.2 Å². The first kappa shape index (κ1) is 13.5. The summed E-state index contributed by atoms with van der Waals surface area (Å²) in [5.41, 5.74) is 0.311. The summed E-state index contributed by atoms with van der Waals surface area (Å²) >= 11 is 0. The molecule has 2 rings (SSSR count). The third-order valence-corrected chi connectivity index (χ3v) is 2.54. The molecule has 0 spiro atoms. The van der Waals surface area contributed by atoms with Gasteiger partial charge >= 0.3 is 5.97 Å². The summed E-state index contributed by atoms with van der Waals surface area (Å²) < 4.78 is 0. The molecule has 0 saturated heterocycles. The highest BCUT2D eigenvalue weighted by Crippen LogP contribution is 2.07. The number of aryl methyl sites for hydroxylation is 1. The Balaban J connectivity index is 2.19. The first-order valence-electron chi connectivity index (χ1n) is 5.68. The smallest absolute Gasteiger partial charge is 0.354 e. The number of aromatic nitrogens is 2. The molecule has 7 nitrogen and oxygen atoms in total. The molecule has 0 unspecified atom stereocenters. The van der Waals surface area contributed by atoms with E-state index in [0.717, 1.165) is 0 Å². The van der Waals surface area contributed by atoms with Gasteiger partial charge in [-0.25, -0.2) is 9.78 Å². The number of hydrogen-bond donors (Lipinski definition) is 3. The van der Waals surface area contributed by atoms with E-state index in [9.17, 15) is 14.4 Å². The van der Waals surface area contributed by atoms with Crippen molar-refractivity contribution in [1.82, 2.24) is 9.97 Å². The molecule has 7 heteroatoms. The Morgan fingerprint density at radius 2 is 2.00 bits per heavy atom. The molecular formula is C13H11N3O4. The van der Waals surface area contributed by atoms with Crippen molar-refractivity contribution in [3.63, 3.8) is 0 Å². The summed E-state index contributed by atoms with van der Waals surface area (Å²) in [5.74, 6) is -1.74. The lowest BCUT2D eigenvalue weighted by Crippen LogP contribution is -2.23. The van der Waals surface area contributed by atoms with Crippen molar-refractivity contribution < 1.29 is 14.7 Å². The Kier molecular flexibility index (Phi) is 3.60. The fourth-order valence-electron chi connectivity index (χ4n) is 1.54. The number of rotatable bonds is 3. The number of aromatic amines is 1. The van der Waals surface area contributed by atoms with Gasteiger partial charge < -0.3 is 15.4 Å². The quantitative estimate of drug-likeness (QED) is 0.773. The molecule has 2 heterocycles. The molecule has 2 aromatic heterocycles. The maximum atomic E-state index is 11.9. The van der Waals surface area contributed by atoms with Gasteiger partial charge in [-0.15, -0.1) is 0 Å². The molecule has 0 fully saturated rings. The highest BCUT2D eigenvalue weighted by molar-refractivity contribution is 6.04. The van der Waals surface area contributed by atoms with E-state index in [1.165, 1.54) is 24.4 Å². The molecule has 0 radical (unpaired) electrons. The van der Waals surface area contributed by atoms with Crippen LogP contribution in [0.4, 0.5) is 5.69 Å². The first-order chi connectivity index (χ1) is 9.47. The van der Waals surface area contributed by atoms with Crippen LogP contribution < -0.4 is 10.9 Å². The maximum absolute atomic E-state index is 11.9. The highest BCUT2D eigenvalue weighted by Gasteiger charge is 2.11. The number of carboxylic acid groups (broad SMARTS) is 1. The molecule has 0 aliphatic carbocycles. The SMILES string of the molecule is Cc1ccc(C(=O)Nc2ccc(C(=O)O)nc2)c(=O)[nH]1. The Hall–Kier alpha value is -2.96. The number of aromatic carboxylic acids is 1. The number of carbonyl (C=O) groups excluding carboxylic acids is 1. The maximum Gasteiger partial charge on any atom is 0.354 e. The van der Waals surface area contributed by atoms with Crippen molar-refractivity contribution in [3.8, 4) is 0 Å². The van der Waals surface area contributed by atoms with Gasteiger partial charge in [-0.2, -0.15) is 0 Å². The number of carboxylic acids is 1. The normalized spacial score (nSPS) is 10.1. The van der Waals surface area contributed by atoms with E-state index in [2.05, 4.69) is 15.3 Å². The van der Waals surface area contributed by atoms with E-state index in [4.69, 9.17) is 5.11 Å². The fourth-order valence-corrected chi connectivity index (χ4v) is 1.54. The van der Waals surface area contributed by atoms with Gasteiger partial charge in [0.15, 0.2) is 0 Å². The summed E-state index contributed by atoms with van der Waals surface area (Å²) in [7, 11) is 0. The molecule has 0 atom stereocenters. The van der Waals surface area contributed by atoms with Crippen LogP contribution in [0.15, 0.2) is 35.3 Å². The molecule has 102 valence electrons. The van der Waals surface area contributed by atoms with Crippen LogP contribution in [-0.2, 0) is 0 Å². The summed E-state index contributed by atoms with van der Waals surface area (Å²) in [6.07, 6.45) is 1.21. The minimum absolute atomic E-state index is 0.0297. The fraction of sp³-hybridized carbons (Fsp3) is 0.0769. The molecule has 0 aliphatic rings. The molecule has 20 heavy (non-hydrogen) atoms. The summed E-state index contributed by atoms with van der Waals surface area (Å²) in [4.78, 5) is 40.3. The molecule has 1 amide bonds. The zero-order valence-corrected chi connectivity index (χ0v) is 10.5. The second-order valence-electron chi connectivity index (χ2n) is 4.08. The van der Waals surface area contributed by atoms with Crippen molar-refractivity contribution >= 4 is 17.6 Å². The van der Waals surface area contributed by atoms with Gasteiger partial charge in [0, 0.05) is 5.69 Å². The average Bonchev–Trinajstić information content (AvgIpc) is 2.39. The third-order valence-electron chi connectivity index (χ3n) is 2.54. The first-order valence-corrected chi connectivity index (χ1v) is 5.68. The number of carbonyl (C=O) groups is 2. The number of anilines is 1. The van der Waals surface area contributed by atoms with Gasteiger partial charge in [0.05, 0.1) is 11.9 Å². The molecule has 0 bridgehead atoms. The van der Waals surface area contributed by atoms with Gasteiger partial charge in [0.1, 0.15) is 11.3 Å². The van der Waals surface area contributed by atoms with Crippen molar-refractivity contribution in [1.29, 1.82) is 0 Å². The largest absolute Gasteiger partial charge is 0.477 e. The van der Waals surface area contributed by atoms with Gasteiger partial charge in [0.2, 0.25) is 0 Å². The van der Waals surface area contributed by atoms with E-state index < -0.39 is 17.4 Å². The van der Waals surface area contributed by atoms with Gasteiger partial charge in [-0.3, -0.25) is 9.59 Å². The summed E-state index contributed by atoms with van der Waals surface area (Å²) in [6.45, 7) is 1.71. The van der Waals surface area contributed by atoms with Crippen LogP contribution in [0.25, 0.3) is 0 Å². The summed E-state index contributed by atoms with van der Waals surface area (Å²) in [5, 5.41) is 11.2. The Morgan fingerprint density at radius 1 is 1.25 bits per heavy atom. The molecule has 2 aromatic rings. The van der Waals surface area contributed by atoms with Crippen LogP contribution in [0.1, 0.15) is 26.5 Å². The standard InChI is InChI=1S/C13H11N3O4/c1-7-2-4-9(11(17)15-7)12(18)16-8-3-5-10(13(19)20)14-6-8/h2-6H,1H3,(H,15,17)(H,16,18)(H,19,20). The average molecular weight is 273 g/mol. The Morgan fingerprint density at radius 3 is 2.55 bits per heavy atom. The minimum atomic E-state index is -1.15. The molecule has 0 aromatic carbocycles. The van der Waals surface area contributed by atoms with Crippen LogP contribution >= 0.6 is 0 Å². The molecule has 0 saturated carbocycles. The predicted molar refractivity (Wildman–Crippen MR) is 70.9 cm³/mol. The van der Waals surface area contributed by atoms with E-state index in [1.807, 2.05) is 0 Å². The van der Waals surface area contributed by atoms with Gasteiger partial charge in [0.25, 0.3) is 11.5 Å². The zero-order chi connectivity index (χ0) is 14.7. The number of hydrogen-bond acceptors (Lipinski definition) is 4. The lowest BCUT2D eigenvalue weighted by molar-refractivity contribution is 0.0690. The number of H-pyrrole nitrogens is 1. The number of nitrogens with zero attached hydrogens (tertiary/aromatic N) is 1. The van der Waals surface area contributed by atoms with Crippen LogP contribution in [0.2, 0.25) is 0 Å². The van der Waals surface area contributed by atoms with Gasteiger partial charge in [-0.1, -0.05) is 0 Å². The van der Waals surface area contributed by atoms with Crippen molar-refractivity contribution in [2.75, 3.05) is 5.32 Å². The van der Waals surface area contributed by atoms with Crippen molar-refractivity contribution in [2.45, 2.75) is 6.92 Å². The minimum Gasteiger partial charge on any atom is -0.477 e. The van der Waals surface area contributed by atoms with E-state index in [0.29, 0.717) is 11.4 Å². The summed E-state index contributed by atoms with van der Waals surface area (Å²) in [6, 6.07) is 5.69. The van der Waals surface area contributed by atoms with E-state index >= 15 is 0 Å². The Labute approximate surface area is 113 Å². The lowest BCUT2D eigenvalue weighted by Gasteiger charge is -2.04.